The van der Waals surface area contributed by atoms with Crippen LogP contribution in [-0.4, -0.2) is 0 Å². The molecular formula is C12H12. The molecular weight excluding hydrogens is 144 g/mol. The first-order valence-corrected chi connectivity index (χ1v) is 4.31. The highest BCUT2D eigenvalue weighted by molar-refractivity contribution is 5.87. The van der Waals surface area contributed by atoms with Crippen molar-refractivity contribution in [3.05, 3.63) is 41.5 Å². The van der Waals surface area contributed by atoms with Gasteiger partial charge in [-0.3, -0.25) is 0 Å². The van der Waals surface area contributed by atoms with Crippen LogP contribution < -0.4 is 0 Å². The monoisotopic (exact) mass is 156 g/mol. The van der Waals surface area contributed by atoms with E-state index in [9.17, 15) is 0 Å². The summed E-state index contributed by atoms with van der Waals surface area (Å²) in [5.41, 5.74) is 5.20. The molecule has 0 nitrogen and oxygen atoms in total. The summed E-state index contributed by atoms with van der Waals surface area (Å²) < 4.78 is 0. The summed E-state index contributed by atoms with van der Waals surface area (Å²) in [4.78, 5) is 0. The molecule has 0 aliphatic heterocycles. The van der Waals surface area contributed by atoms with Gasteiger partial charge < -0.3 is 0 Å². The van der Waals surface area contributed by atoms with Gasteiger partial charge in [-0.15, -0.1) is 0 Å². The summed E-state index contributed by atoms with van der Waals surface area (Å²) >= 11 is 0. The highest BCUT2D eigenvalue weighted by atomic mass is 14.1. The lowest BCUT2D eigenvalue weighted by Gasteiger charge is -2.12. The third-order valence-corrected chi connectivity index (χ3v) is 2.36. The number of benzene rings is 1. The SMILES string of the molecule is C=C(CC)c1ccc2c(c1)C=C2. The molecule has 60 valence electrons. The van der Waals surface area contributed by atoms with Crippen molar-refractivity contribution in [2.24, 2.45) is 0 Å². The van der Waals surface area contributed by atoms with Gasteiger partial charge in [-0.2, -0.15) is 0 Å². The van der Waals surface area contributed by atoms with Crippen LogP contribution in [0.5, 0.6) is 0 Å². The molecule has 0 saturated heterocycles. The Kier molecular flexibility index (Phi) is 1.61. The Morgan fingerprint density at radius 2 is 2.00 bits per heavy atom. The molecule has 1 aliphatic rings. The molecule has 0 heteroatoms. The van der Waals surface area contributed by atoms with Crippen molar-refractivity contribution in [2.45, 2.75) is 13.3 Å². The predicted octanol–water partition coefficient (Wildman–Crippen LogP) is 3.59. The standard InChI is InChI=1S/C12H12/c1-3-9(2)11-6-4-10-5-7-12(10)8-11/h4-8H,2-3H2,1H3. The van der Waals surface area contributed by atoms with E-state index < -0.39 is 0 Å². The summed E-state index contributed by atoms with van der Waals surface area (Å²) in [6, 6.07) is 6.51. The summed E-state index contributed by atoms with van der Waals surface area (Å²) in [6.45, 7) is 6.15. The van der Waals surface area contributed by atoms with Gasteiger partial charge in [0.25, 0.3) is 0 Å². The quantitative estimate of drug-likeness (QED) is 0.623. The lowest BCUT2D eigenvalue weighted by Crippen LogP contribution is -1.91. The minimum atomic E-state index is 1.03. The molecule has 0 heterocycles. The number of fused-ring (bicyclic) bond motifs is 1. The summed E-state index contributed by atoms with van der Waals surface area (Å²) in [6.07, 6.45) is 5.30. The summed E-state index contributed by atoms with van der Waals surface area (Å²) in [7, 11) is 0. The van der Waals surface area contributed by atoms with Gasteiger partial charge in [0, 0.05) is 0 Å². The molecule has 1 aromatic carbocycles. The molecule has 0 aromatic heterocycles. The minimum Gasteiger partial charge on any atom is -0.0952 e. The fraction of sp³-hybridized carbons (Fsp3) is 0.167. The van der Waals surface area contributed by atoms with Crippen LogP contribution in [0.1, 0.15) is 30.0 Å². The first-order chi connectivity index (χ1) is 5.81. The molecule has 2 rings (SSSR count). The van der Waals surface area contributed by atoms with Crippen LogP contribution in [0.4, 0.5) is 0 Å². The van der Waals surface area contributed by atoms with Crippen LogP contribution in [0.15, 0.2) is 24.8 Å². The topological polar surface area (TPSA) is 0 Å². The summed E-state index contributed by atoms with van der Waals surface area (Å²) in [5.74, 6) is 0. The van der Waals surface area contributed by atoms with Crippen molar-refractivity contribution < 1.29 is 0 Å². The van der Waals surface area contributed by atoms with Crippen LogP contribution in [-0.2, 0) is 0 Å². The van der Waals surface area contributed by atoms with E-state index in [1.807, 2.05) is 0 Å². The van der Waals surface area contributed by atoms with E-state index in [0.29, 0.717) is 0 Å². The molecule has 1 aromatic rings. The average Bonchev–Trinajstić information content (AvgIpc) is 2.06. The van der Waals surface area contributed by atoms with Gasteiger partial charge in [-0.1, -0.05) is 37.8 Å². The van der Waals surface area contributed by atoms with E-state index >= 15 is 0 Å². The lowest BCUT2D eigenvalue weighted by atomic mass is 9.93. The molecule has 0 atom stereocenters. The van der Waals surface area contributed by atoms with Crippen LogP contribution in [0.25, 0.3) is 17.7 Å². The smallest absolute Gasteiger partial charge is 0.0178 e. The Balaban J connectivity index is 2.38. The normalized spacial score (nSPS) is 12.1. The minimum absolute atomic E-state index is 1.03. The van der Waals surface area contributed by atoms with Crippen LogP contribution in [0.3, 0.4) is 0 Å². The number of hydrogen-bond acceptors (Lipinski definition) is 0. The molecule has 0 unspecified atom stereocenters. The number of rotatable bonds is 2. The third-order valence-electron chi connectivity index (χ3n) is 2.36. The van der Waals surface area contributed by atoms with Crippen molar-refractivity contribution in [2.75, 3.05) is 0 Å². The van der Waals surface area contributed by atoms with Crippen molar-refractivity contribution in [1.29, 1.82) is 0 Å². The largest absolute Gasteiger partial charge is 0.0952 e. The molecule has 0 amide bonds. The zero-order valence-electron chi connectivity index (χ0n) is 7.30. The Bertz CT molecular complexity index is 356. The molecule has 0 radical (unpaired) electrons. The number of allylic oxidation sites excluding steroid dienone is 1. The van der Waals surface area contributed by atoms with Gasteiger partial charge in [-0.25, -0.2) is 0 Å². The van der Waals surface area contributed by atoms with Crippen LogP contribution >= 0.6 is 0 Å². The van der Waals surface area contributed by atoms with E-state index in [1.54, 1.807) is 0 Å². The maximum Gasteiger partial charge on any atom is -0.0178 e. The molecule has 0 bridgehead atoms. The van der Waals surface area contributed by atoms with Gasteiger partial charge in [0.2, 0.25) is 0 Å². The zero-order valence-corrected chi connectivity index (χ0v) is 7.30. The first-order valence-electron chi connectivity index (χ1n) is 4.31. The van der Waals surface area contributed by atoms with E-state index in [4.69, 9.17) is 0 Å². The van der Waals surface area contributed by atoms with Gasteiger partial charge in [0.05, 0.1) is 0 Å². The van der Waals surface area contributed by atoms with E-state index in [2.05, 4.69) is 43.9 Å². The molecule has 1 aliphatic carbocycles. The Hall–Kier alpha value is -1.30. The van der Waals surface area contributed by atoms with Gasteiger partial charge >= 0.3 is 0 Å². The van der Waals surface area contributed by atoms with Crippen molar-refractivity contribution in [1.82, 2.24) is 0 Å². The second-order valence-electron chi connectivity index (χ2n) is 3.13. The number of hydrogen-bond donors (Lipinski definition) is 0. The first kappa shape index (κ1) is 7.35. The zero-order chi connectivity index (χ0) is 8.55. The fourth-order valence-electron chi connectivity index (χ4n) is 1.38. The van der Waals surface area contributed by atoms with Crippen LogP contribution in [0, 0.1) is 0 Å². The maximum absolute atomic E-state index is 4.01. The van der Waals surface area contributed by atoms with Crippen LogP contribution in [0.2, 0.25) is 0 Å². The highest BCUT2D eigenvalue weighted by Crippen LogP contribution is 2.27. The average molecular weight is 156 g/mol. The van der Waals surface area contributed by atoms with Crippen molar-refractivity contribution >= 4 is 17.7 Å². The maximum atomic E-state index is 4.01. The fourth-order valence-corrected chi connectivity index (χ4v) is 1.38. The molecule has 0 spiro atoms. The van der Waals surface area contributed by atoms with E-state index in [0.717, 1.165) is 6.42 Å². The lowest BCUT2D eigenvalue weighted by molar-refractivity contribution is 1.24. The van der Waals surface area contributed by atoms with E-state index in [1.165, 1.54) is 22.3 Å². The molecule has 0 fully saturated rings. The van der Waals surface area contributed by atoms with Crippen molar-refractivity contribution in [3.63, 3.8) is 0 Å². The molecule has 0 saturated carbocycles. The highest BCUT2D eigenvalue weighted by Gasteiger charge is 2.06. The molecule has 12 heavy (non-hydrogen) atoms. The third kappa shape index (κ3) is 1.00. The van der Waals surface area contributed by atoms with E-state index in [-0.39, 0.29) is 0 Å². The Morgan fingerprint density at radius 1 is 1.25 bits per heavy atom. The van der Waals surface area contributed by atoms with Crippen molar-refractivity contribution in [3.8, 4) is 0 Å². The van der Waals surface area contributed by atoms with Gasteiger partial charge in [0.15, 0.2) is 0 Å². The Labute approximate surface area is 73.2 Å². The van der Waals surface area contributed by atoms with Gasteiger partial charge in [-0.05, 0) is 34.8 Å². The second-order valence-corrected chi connectivity index (χ2v) is 3.13. The summed E-state index contributed by atoms with van der Waals surface area (Å²) in [5, 5.41) is 0. The predicted molar refractivity (Wildman–Crippen MR) is 54.7 cm³/mol. The Morgan fingerprint density at radius 3 is 2.50 bits per heavy atom. The molecule has 0 N–H and O–H groups in total. The van der Waals surface area contributed by atoms with Gasteiger partial charge in [0.1, 0.15) is 0 Å². The second kappa shape index (κ2) is 2.63.